The van der Waals surface area contributed by atoms with Crippen molar-refractivity contribution in [2.24, 2.45) is 0 Å². The first-order chi connectivity index (χ1) is 15.4. The molecule has 0 radical (unpaired) electrons. The minimum atomic E-state index is -0.290. The Morgan fingerprint density at radius 2 is 1.81 bits per heavy atom. The number of nitrogens with one attached hydrogen (secondary N) is 1. The van der Waals surface area contributed by atoms with Crippen molar-refractivity contribution in [3.05, 3.63) is 53.1 Å². The molecule has 0 spiro atoms. The van der Waals surface area contributed by atoms with E-state index in [4.69, 9.17) is 14.2 Å². The fourth-order valence-corrected chi connectivity index (χ4v) is 4.00. The number of hydrogen-bond donors (Lipinski definition) is 2. The van der Waals surface area contributed by atoms with Crippen LogP contribution in [-0.2, 0) is 29.0 Å². The van der Waals surface area contributed by atoms with E-state index in [0.717, 1.165) is 12.0 Å². The molecule has 1 aliphatic heterocycles. The number of rotatable bonds is 10. The molecule has 1 amide bonds. The summed E-state index contributed by atoms with van der Waals surface area (Å²) >= 11 is 0. The van der Waals surface area contributed by atoms with Gasteiger partial charge in [-0.3, -0.25) is 9.69 Å². The number of methoxy groups -OCH3 is 2. The van der Waals surface area contributed by atoms with Crippen LogP contribution in [0.4, 0.5) is 0 Å². The lowest BCUT2D eigenvalue weighted by molar-refractivity contribution is -0.127. The summed E-state index contributed by atoms with van der Waals surface area (Å²) in [4.78, 5) is 15.3. The van der Waals surface area contributed by atoms with E-state index in [9.17, 15) is 9.90 Å². The highest BCUT2D eigenvalue weighted by Gasteiger charge is 2.31. The van der Waals surface area contributed by atoms with Gasteiger partial charge in [0.15, 0.2) is 11.5 Å². The highest BCUT2D eigenvalue weighted by atomic mass is 16.5. The van der Waals surface area contributed by atoms with Crippen LogP contribution in [0.5, 0.6) is 17.2 Å². The molecule has 174 valence electrons. The molecule has 1 atom stereocenters. The highest BCUT2D eigenvalue weighted by molar-refractivity contribution is 5.82. The minimum absolute atomic E-state index is 0.0155. The number of carbonyl (C=O) groups is 1. The first kappa shape index (κ1) is 23.9. The van der Waals surface area contributed by atoms with Crippen LogP contribution < -0.4 is 14.8 Å². The molecule has 3 rings (SSSR count). The van der Waals surface area contributed by atoms with Crippen LogP contribution in [0.1, 0.15) is 37.0 Å². The third-order valence-electron chi connectivity index (χ3n) is 5.65. The predicted molar refractivity (Wildman–Crippen MR) is 123 cm³/mol. The second kappa shape index (κ2) is 11.2. The fraction of sp³-hybridized carbons (Fsp3) is 0.480. The molecule has 7 nitrogen and oxygen atoms in total. The smallest absolute Gasteiger partial charge is 0.237 e. The van der Waals surface area contributed by atoms with Crippen molar-refractivity contribution < 1.29 is 24.1 Å². The van der Waals surface area contributed by atoms with E-state index < -0.39 is 0 Å². The number of phenols is 1. The van der Waals surface area contributed by atoms with Crippen LogP contribution in [0, 0.1) is 0 Å². The molecule has 0 saturated heterocycles. The fourth-order valence-electron chi connectivity index (χ4n) is 4.00. The molecular formula is C25H34N2O5. The molecule has 1 unspecified atom stereocenters. The van der Waals surface area contributed by atoms with Gasteiger partial charge in [-0.15, -0.1) is 0 Å². The average Bonchev–Trinajstić information content (AvgIpc) is 2.79. The summed E-state index contributed by atoms with van der Waals surface area (Å²) in [7, 11) is 3.02. The zero-order valence-corrected chi connectivity index (χ0v) is 19.4. The summed E-state index contributed by atoms with van der Waals surface area (Å²) in [5.41, 5.74) is 3.33. The first-order valence-corrected chi connectivity index (χ1v) is 11.1. The van der Waals surface area contributed by atoms with Crippen molar-refractivity contribution >= 4 is 5.91 Å². The number of benzene rings is 2. The van der Waals surface area contributed by atoms with Gasteiger partial charge in [-0.25, -0.2) is 0 Å². The maximum absolute atomic E-state index is 13.1. The molecule has 0 aromatic heterocycles. The van der Waals surface area contributed by atoms with Crippen LogP contribution in [-0.4, -0.2) is 55.4 Å². The second-order valence-electron chi connectivity index (χ2n) is 8.31. The Balaban J connectivity index is 1.76. The molecule has 2 N–H and O–H groups in total. The van der Waals surface area contributed by atoms with Crippen molar-refractivity contribution in [1.82, 2.24) is 10.2 Å². The molecule has 0 aliphatic carbocycles. The number of ether oxygens (including phenoxy) is 3. The zero-order chi connectivity index (χ0) is 23.1. The molecule has 2 aromatic rings. The van der Waals surface area contributed by atoms with Crippen LogP contribution in [0.3, 0.4) is 0 Å². The second-order valence-corrected chi connectivity index (χ2v) is 8.31. The lowest BCUT2D eigenvalue weighted by Gasteiger charge is -2.36. The molecule has 1 aliphatic rings. The monoisotopic (exact) mass is 442 g/mol. The Kier molecular flexibility index (Phi) is 8.36. The largest absolute Gasteiger partial charge is 0.502 e. The Bertz CT molecular complexity index is 890. The van der Waals surface area contributed by atoms with Gasteiger partial charge in [0.05, 0.1) is 26.4 Å². The summed E-state index contributed by atoms with van der Waals surface area (Å²) in [5.74, 6) is 0.688. The van der Waals surface area contributed by atoms with E-state index in [1.165, 1.54) is 25.3 Å². The maximum atomic E-state index is 13.1. The number of fused-ring (bicyclic) bond motifs is 1. The third-order valence-corrected chi connectivity index (χ3v) is 5.65. The van der Waals surface area contributed by atoms with Gasteiger partial charge in [0, 0.05) is 26.2 Å². The molecule has 0 fully saturated rings. The topological polar surface area (TPSA) is 80.3 Å². The summed E-state index contributed by atoms with van der Waals surface area (Å²) in [6.07, 6.45) is 1.62. The quantitative estimate of drug-likeness (QED) is 0.550. The molecule has 2 aromatic carbocycles. The van der Waals surface area contributed by atoms with E-state index >= 15 is 0 Å². The number of nitrogens with zero attached hydrogens (tertiary/aromatic N) is 1. The lowest BCUT2D eigenvalue weighted by atomic mass is 9.93. The van der Waals surface area contributed by atoms with Gasteiger partial charge < -0.3 is 24.6 Å². The maximum Gasteiger partial charge on any atom is 0.237 e. The Hall–Kier alpha value is -2.77. The summed E-state index contributed by atoms with van der Waals surface area (Å²) < 4.78 is 16.2. The number of phenolic OH excluding ortho intramolecular Hbond substituents is 1. The average molecular weight is 443 g/mol. The van der Waals surface area contributed by atoms with Gasteiger partial charge in [-0.05, 0) is 55.5 Å². The minimum Gasteiger partial charge on any atom is -0.502 e. The van der Waals surface area contributed by atoms with E-state index in [1.807, 2.05) is 26.0 Å². The van der Waals surface area contributed by atoms with Crippen molar-refractivity contribution in [3.8, 4) is 17.2 Å². The standard InChI is InChI=1S/C25H34N2O5/c1-17(2)32-11-7-10-26-25(29)21-14-19-8-5-6-9-20(19)16-27(21)15-18-12-22(30-3)24(28)23(13-18)31-4/h5-6,8-9,12-13,17,21,28H,7,10-11,14-16H2,1-4H3,(H,26,29). The molecule has 7 heteroatoms. The molecular weight excluding hydrogens is 408 g/mol. The predicted octanol–water partition coefficient (Wildman–Crippen LogP) is 3.27. The van der Waals surface area contributed by atoms with E-state index in [1.54, 1.807) is 12.1 Å². The summed E-state index contributed by atoms with van der Waals surface area (Å²) in [6, 6.07) is 11.5. The van der Waals surface area contributed by atoms with Gasteiger partial charge in [0.2, 0.25) is 11.7 Å². The summed E-state index contributed by atoms with van der Waals surface area (Å²) in [5, 5.41) is 13.3. The zero-order valence-electron chi connectivity index (χ0n) is 19.4. The normalized spacial score (nSPS) is 16.0. The van der Waals surface area contributed by atoms with Crippen molar-refractivity contribution in [2.45, 2.75) is 51.9 Å². The van der Waals surface area contributed by atoms with Gasteiger partial charge in [-0.1, -0.05) is 24.3 Å². The van der Waals surface area contributed by atoms with Crippen LogP contribution in [0.15, 0.2) is 36.4 Å². The van der Waals surface area contributed by atoms with Crippen LogP contribution in [0.2, 0.25) is 0 Å². The Morgan fingerprint density at radius 1 is 1.16 bits per heavy atom. The SMILES string of the molecule is COc1cc(CN2Cc3ccccc3CC2C(=O)NCCCOC(C)C)cc(OC)c1O. The Labute approximate surface area is 190 Å². The van der Waals surface area contributed by atoms with Gasteiger partial charge in [-0.2, -0.15) is 0 Å². The van der Waals surface area contributed by atoms with E-state index in [0.29, 0.717) is 44.2 Å². The molecule has 1 heterocycles. The van der Waals surface area contributed by atoms with Gasteiger partial charge in [0.25, 0.3) is 0 Å². The van der Waals surface area contributed by atoms with Crippen LogP contribution in [0.25, 0.3) is 0 Å². The number of hydrogen-bond acceptors (Lipinski definition) is 6. The molecule has 32 heavy (non-hydrogen) atoms. The van der Waals surface area contributed by atoms with Crippen molar-refractivity contribution in [2.75, 3.05) is 27.4 Å². The molecule has 0 saturated carbocycles. The third kappa shape index (κ3) is 5.93. The lowest BCUT2D eigenvalue weighted by Crippen LogP contribution is -2.50. The van der Waals surface area contributed by atoms with Gasteiger partial charge >= 0.3 is 0 Å². The number of amides is 1. The van der Waals surface area contributed by atoms with Crippen molar-refractivity contribution in [1.29, 1.82) is 0 Å². The number of carbonyl (C=O) groups excluding carboxylic acids is 1. The van der Waals surface area contributed by atoms with Gasteiger partial charge in [0.1, 0.15) is 0 Å². The van der Waals surface area contributed by atoms with E-state index in [2.05, 4.69) is 22.3 Å². The Morgan fingerprint density at radius 3 is 2.44 bits per heavy atom. The summed E-state index contributed by atoms with van der Waals surface area (Å²) in [6.45, 7) is 6.40. The number of aromatic hydroxyl groups is 1. The first-order valence-electron chi connectivity index (χ1n) is 11.1. The molecule has 0 bridgehead atoms. The van der Waals surface area contributed by atoms with Crippen LogP contribution >= 0.6 is 0 Å². The van der Waals surface area contributed by atoms with Crippen molar-refractivity contribution in [3.63, 3.8) is 0 Å². The highest BCUT2D eigenvalue weighted by Crippen LogP contribution is 2.38. The van der Waals surface area contributed by atoms with E-state index in [-0.39, 0.29) is 23.8 Å².